The molecule has 0 atom stereocenters. The Morgan fingerprint density at radius 2 is 1.71 bits per heavy atom. The van der Waals surface area contributed by atoms with E-state index < -0.39 is 17.6 Å². The minimum Gasteiger partial charge on any atom is -0.454 e. The molecular weight excluding hydrogens is 473 g/mol. The average Bonchev–Trinajstić information content (AvgIpc) is 3.53. The first-order chi connectivity index (χ1) is 17.1. The number of fused-ring (bicyclic) bond motifs is 1. The molecule has 1 aliphatic heterocycles. The number of hydrogen-bond donors (Lipinski definition) is 2. The molecule has 0 aliphatic carbocycles. The Bertz CT molecular complexity index is 1380. The third-order valence-electron chi connectivity index (χ3n) is 5.03. The van der Waals surface area contributed by atoms with Gasteiger partial charge in [-0.2, -0.15) is 0 Å². The summed E-state index contributed by atoms with van der Waals surface area (Å²) in [5, 5.41) is 9.13. The molecule has 0 radical (unpaired) electrons. The minimum absolute atomic E-state index is 0.0319. The Hall–Kier alpha value is -4.38. The number of para-hydroxylation sites is 1. The van der Waals surface area contributed by atoms with E-state index in [4.69, 9.17) is 9.47 Å². The van der Waals surface area contributed by atoms with Crippen LogP contribution in [0, 0.1) is 5.82 Å². The van der Waals surface area contributed by atoms with Crippen molar-refractivity contribution < 1.29 is 23.5 Å². The van der Waals surface area contributed by atoms with Gasteiger partial charge in [0.05, 0.1) is 5.75 Å². The van der Waals surface area contributed by atoms with Gasteiger partial charge in [0.15, 0.2) is 22.5 Å². The molecule has 2 amide bonds. The van der Waals surface area contributed by atoms with Crippen molar-refractivity contribution in [3.05, 3.63) is 84.2 Å². The average molecular weight is 492 g/mol. The normalized spacial score (nSPS) is 11.8. The van der Waals surface area contributed by atoms with Gasteiger partial charge in [-0.25, -0.2) is 4.39 Å². The maximum atomic E-state index is 13.0. The van der Waals surface area contributed by atoms with Crippen molar-refractivity contribution >= 4 is 23.6 Å². The summed E-state index contributed by atoms with van der Waals surface area (Å²) in [7, 11) is 0. The van der Waals surface area contributed by atoms with Gasteiger partial charge >= 0.3 is 0 Å². The lowest BCUT2D eigenvalue weighted by Gasteiger charge is -2.11. The van der Waals surface area contributed by atoms with Crippen molar-refractivity contribution in [1.82, 2.24) is 25.6 Å². The number of halogens is 1. The number of ether oxygens (including phenoxy) is 2. The largest absolute Gasteiger partial charge is 0.454 e. The van der Waals surface area contributed by atoms with Gasteiger partial charge in [0.1, 0.15) is 5.82 Å². The third-order valence-corrected chi connectivity index (χ3v) is 5.96. The number of carbonyl (C=O) groups is 2. The molecule has 176 valence electrons. The van der Waals surface area contributed by atoms with Gasteiger partial charge in [0, 0.05) is 16.8 Å². The molecule has 5 rings (SSSR count). The standard InChI is InChI=1S/C24H18FN5O4S/c25-17-9-6-15(7-10-17)23(32)28-26-21(31)13-35-24-29-27-22(30(24)18-4-2-1-3-5-18)16-8-11-19-20(12-16)34-14-33-19/h1-12H,13-14H2,(H,26,31)(H,28,32). The van der Waals surface area contributed by atoms with Gasteiger partial charge in [0.2, 0.25) is 12.7 Å². The number of nitrogens with one attached hydrogen (secondary N) is 2. The van der Waals surface area contributed by atoms with Gasteiger partial charge < -0.3 is 9.47 Å². The van der Waals surface area contributed by atoms with Crippen molar-refractivity contribution in [2.45, 2.75) is 5.16 Å². The van der Waals surface area contributed by atoms with E-state index >= 15 is 0 Å². The number of hydrogen-bond acceptors (Lipinski definition) is 7. The van der Waals surface area contributed by atoms with Crippen LogP contribution in [0.3, 0.4) is 0 Å². The monoisotopic (exact) mass is 491 g/mol. The SMILES string of the molecule is O=C(CSc1nnc(-c2ccc3c(c2)OCO3)n1-c1ccccc1)NNC(=O)c1ccc(F)cc1. The van der Waals surface area contributed by atoms with Crippen molar-refractivity contribution in [3.8, 4) is 28.6 Å². The summed E-state index contributed by atoms with van der Waals surface area (Å²) in [5.41, 5.74) is 6.47. The van der Waals surface area contributed by atoms with Gasteiger partial charge in [-0.15, -0.1) is 10.2 Å². The molecule has 2 N–H and O–H groups in total. The molecule has 0 saturated heterocycles. The van der Waals surface area contributed by atoms with E-state index in [1.54, 1.807) is 0 Å². The molecule has 2 heterocycles. The summed E-state index contributed by atoms with van der Waals surface area (Å²) in [5.74, 6) is 0.366. The second-order valence-electron chi connectivity index (χ2n) is 7.34. The van der Waals surface area contributed by atoms with E-state index in [1.807, 2.05) is 53.1 Å². The summed E-state index contributed by atoms with van der Waals surface area (Å²) in [6.07, 6.45) is 0. The molecule has 35 heavy (non-hydrogen) atoms. The zero-order valence-corrected chi connectivity index (χ0v) is 18.9. The topological polar surface area (TPSA) is 107 Å². The summed E-state index contributed by atoms with van der Waals surface area (Å²) >= 11 is 1.16. The summed E-state index contributed by atoms with van der Waals surface area (Å²) < 4.78 is 25.7. The fourth-order valence-electron chi connectivity index (χ4n) is 3.36. The van der Waals surface area contributed by atoms with Gasteiger partial charge in [-0.1, -0.05) is 30.0 Å². The number of aromatic nitrogens is 3. The van der Waals surface area contributed by atoms with Gasteiger partial charge in [0.25, 0.3) is 5.91 Å². The lowest BCUT2D eigenvalue weighted by Crippen LogP contribution is -2.42. The lowest BCUT2D eigenvalue weighted by molar-refractivity contribution is -0.119. The highest BCUT2D eigenvalue weighted by Gasteiger charge is 2.20. The predicted octanol–water partition coefficient (Wildman–Crippen LogP) is 3.36. The van der Waals surface area contributed by atoms with E-state index in [0.29, 0.717) is 22.5 Å². The van der Waals surface area contributed by atoms with Crippen LogP contribution in [-0.2, 0) is 4.79 Å². The van der Waals surface area contributed by atoms with Crippen LogP contribution >= 0.6 is 11.8 Å². The van der Waals surface area contributed by atoms with Crippen LogP contribution < -0.4 is 20.3 Å². The second-order valence-corrected chi connectivity index (χ2v) is 8.29. The third kappa shape index (κ3) is 4.94. The Balaban J connectivity index is 1.31. The van der Waals surface area contributed by atoms with Crippen LogP contribution in [0.1, 0.15) is 10.4 Å². The highest BCUT2D eigenvalue weighted by Crippen LogP contribution is 2.37. The van der Waals surface area contributed by atoms with Crippen LogP contribution in [0.4, 0.5) is 4.39 Å². The smallest absolute Gasteiger partial charge is 0.269 e. The van der Waals surface area contributed by atoms with Crippen LogP contribution in [0.25, 0.3) is 17.1 Å². The van der Waals surface area contributed by atoms with Crippen LogP contribution in [-0.4, -0.2) is 39.1 Å². The Labute approximate surface area is 203 Å². The Kier molecular flexibility index (Phi) is 6.31. The molecular formula is C24H18FN5O4S. The van der Waals surface area contributed by atoms with E-state index in [2.05, 4.69) is 21.0 Å². The molecule has 11 heteroatoms. The Morgan fingerprint density at radius 3 is 2.51 bits per heavy atom. The minimum atomic E-state index is -0.555. The van der Waals surface area contributed by atoms with E-state index in [-0.39, 0.29) is 18.1 Å². The quantitative estimate of drug-likeness (QED) is 0.315. The molecule has 0 spiro atoms. The van der Waals surface area contributed by atoms with Crippen LogP contribution in [0.15, 0.2) is 78.0 Å². The first-order valence-corrected chi connectivity index (χ1v) is 11.5. The van der Waals surface area contributed by atoms with Crippen molar-refractivity contribution in [2.24, 2.45) is 0 Å². The molecule has 4 aromatic rings. The predicted molar refractivity (Wildman–Crippen MR) is 126 cm³/mol. The molecule has 0 unspecified atom stereocenters. The zero-order chi connectivity index (χ0) is 24.2. The summed E-state index contributed by atoms with van der Waals surface area (Å²) in [4.78, 5) is 24.5. The molecule has 0 fully saturated rings. The maximum Gasteiger partial charge on any atom is 0.269 e. The number of amides is 2. The first kappa shape index (κ1) is 22.4. The number of hydrazine groups is 1. The molecule has 1 aliphatic rings. The van der Waals surface area contributed by atoms with Crippen molar-refractivity contribution in [2.75, 3.05) is 12.5 Å². The number of carbonyl (C=O) groups excluding carboxylic acids is 2. The first-order valence-electron chi connectivity index (χ1n) is 10.5. The van der Waals surface area contributed by atoms with Gasteiger partial charge in [-0.3, -0.25) is 25.0 Å². The maximum absolute atomic E-state index is 13.0. The summed E-state index contributed by atoms with van der Waals surface area (Å²) in [6, 6.07) is 20.0. The number of benzene rings is 3. The van der Waals surface area contributed by atoms with Crippen molar-refractivity contribution in [3.63, 3.8) is 0 Å². The van der Waals surface area contributed by atoms with E-state index in [9.17, 15) is 14.0 Å². The zero-order valence-electron chi connectivity index (χ0n) is 18.1. The van der Waals surface area contributed by atoms with E-state index in [0.717, 1.165) is 23.0 Å². The number of thioether (sulfide) groups is 1. The summed E-state index contributed by atoms with van der Waals surface area (Å²) in [6.45, 7) is 0.165. The Morgan fingerprint density at radius 1 is 0.943 bits per heavy atom. The fourth-order valence-corrected chi connectivity index (χ4v) is 4.11. The van der Waals surface area contributed by atoms with Gasteiger partial charge in [-0.05, 0) is 54.6 Å². The highest BCUT2D eigenvalue weighted by atomic mass is 32.2. The molecule has 0 bridgehead atoms. The van der Waals surface area contributed by atoms with E-state index in [1.165, 1.54) is 24.3 Å². The molecule has 1 aromatic heterocycles. The highest BCUT2D eigenvalue weighted by molar-refractivity contribution is 7.99. The number of rotatable bonds is 6. The molecule has 9 nitrogen and oxygen atoms in total. The molecule has 0 saturated carbocycles. The second kappa shape index (κ2) is 9.85. The molecule has 3 aromatic carbocycles. The van der Waals surface area contributed by atoms with Crippen molar-refractivity contribution in [1.29, 1.82) is 0 Å². The fraction of sp³-hybridized carbons (Fsp3) is 0.0833. The van der Waals surface area contributed by atoms with Crippen LogP contribution in [0.5, 0.6) is 11.5 Å². The van der Waals surface area contributed by atoms with Crippen LogP contribution in [0.2, 0.25) is 0 Å². The lowest BCUT2D eigenvalue weighted by atomic mass is 10.2. The number of nitrogens with zero attached hydrogens (tertiary/aromatic N) is 3.